The van der Waals surface area contributed by atoms with Crippen molar-refractivity contribution in [2.24, 2.45) is 5.73 Å². The minimum atomic E-state index is -0.349. The van der Waals surface area contributed by atoms with E-state index >= 15 is 0 Å². The van der Waals surface area contributed by atoms with Crippen molar-refractivity contribution < 1.29 is 9.90 Å². The smallest absolute Gasteiger partial charge is 0.221 e. The van der Waals surface area contributed by atoms with Gasteiger partial charge in [-0.15, -0.1) is 0 Å². The van der Waals surface area contributed by atoms with Crippen LogP contribution < -0.4 is 5.73 Å². The molecule has 0 bridgehead atoms. The van der Waals surface area contributed by atoms with Crippen molar-refractivity contribution in [3.05, 3.63) is 34.9 Å². The van der Waals surface area contributed by atoms with Gasteiger partial charge in [0.25, 0.3) is 0 Å². The molecule has 0 aliphatic carbocycles. The highest BCUT2D eigenvalue weighted by Crippen LogP contribution is 2.23. The molecule has 0 unspecified atom stereocenters. The van der Waals surface area contributed by atoms with Crippen LogP contribution in [0.5, 0.6) is 5.75 Å². The van der Waals surface area contributed by atoms with E-state index in [9.17, 15) is 9.90 Å². The van der Waals surface area contributed by atoms with Crippen LogP contribution in [0.1, 0.15) is 23.1 Å². The van der Waals surface area contributed by atoms with Crippen LogP contribution in [0.15, 0.2) is 18.2 Å². The van der Waals surface area contributed by atoms with Crippen LogP contribution in [-0.2, 0) is 4.79 Å². The quantitative estimate of drug-likeness (QED) is 0.791. The van der Waals surface area contributed by atoms with E-state index in [1.807, 2.05) is 32.1 Å². The number of carbonyl (C=O) groups excluding carboxylic acids is 1. The van der Waals surface area contributed by atoms with Gasteiger partial charge in [0.1, 0.15) is 5.75 Å². The molecule has 0 atom stereocenters. The lowest BCUT2D eigenvalue weighted by atomic mass is 10.1. The van der Waals surface area contributed by atoms with Gasteiger partial charge in [-0.1, -0.05) is 12.2 Å². The van der Waals surface area contributed by atoms with Gasteiger partial charge in [0, 0.05) is 6.42 Å². The number of nitrogens with two attached hydrogens (primary N) is 1. The third-order valence-corrected chi connectivity index (χ3v) is 2.14. The maximum atomic E-state index is 10.5. The van der Waals surface area contributed by atoms with E-state index < -0.39 is 0 Å². The highest BCUT2D eigenvalue weighted by Gasteiger charge is 2.00. The Labute approximate surface area is 89.2 Å². The van der Waals surface area contributed by atoms with Gasteiger partial charge in [-0.05, 0) is 42.7 Å². The van der Waals surface area contributed by atoms with E-state index in [2.05, 4.69) is 0 Å². The first-order valence-corrected chi connectivity index (χ1v) is 4.75. The zero-order valence-corrected chi connectivity index (χ0v) is 8.95. The second kappa shape index (κ2) is 4.64. The van der Waals surface area contributed by atoms with Crippen molar-refractivity contribution in [3.63, 3.8) is 0 Å². The van der Waals surface area contributed by atoms with Crippen LogP contribution >= 0.6 is 0 Å². The molecule has 0 fully saturated rings. The monoisotopic (exact) mass is 205 g/mol. The first kappa shape index (κ1) is 11.3. The molecule has 0 spiro atoms. The number of primary amides is 1. The van der Waals surface area contributed by atoms with Crippen molar-refractivity contribution >= 4 is 12.0 Å². The fraction of sp³-hybridized carbons (Fsp3) is 0.250. The number of carbonyl (C=O) groups is 1. The normalized spacial score (nSPS) is 10.8. The Balaban J connectivity index is 2.87. The van der Waals surface area contributed by atoms with E-state index in [-0.39, 0.29) is 12.3 Å². The van der Waals surface area contributed by atoms with E-state index in [1.54, 1.807) is 6.08 Å². The van der Waals surface area contributed by atoms with Gasteiger partial charge in [-0.25, -0.2) is 0 Å². The molecule has 0 aliphatic heterocycles. The zero-order valence-electron chi connectivity index (χ0n) is 8.95. The van der Waals surface area contributed by atoms with Crippen LogP contribution in [0.25, 0.3) is 6.08 Å². The van der Waals surface area contributed by atoms with Gasteiger partial charge in [0.2, 0.25) is 5.91 Å². The second-order valence-corrected chi connectivity index (χ2v) is 3.58. The third kappa shape index (κ3) is 3.13. The van der Waals surface area contributed by atoms with E-state index in [4.69, 9.17) is 5.73 Å². The molecule has 80 valence electrons. The summed E-state index contributed by atoms with van der Waals surface area (Å²) in [4.78, 5) is 10.5. The van der Waals surface area contributed by atoms with Gasteiger partial charge >= 0.3 is 0 Å². The SMILES string of the molecule is Cc1cc(C=CCC(N)=O)cc(C)c1O. The largest absolute Gasteiger partial charge is 0.507 e. The summed E-state index contributed by atoms with van der Waals surface area (Å²) >= 11 is 0. The first-order chi connectivity index (χ1) is 7.00. The predicted molar refractivity (Wildman–Crippen MR) is 60.4 cm³/mol. The number of benzene rings is 1. The van der Waals surface area contributed by atoms with Gasteiger partial charge in [0.05, 0.1) is 0 Å². The van der Waals surface area contributed by atoms with Crippen molar-refractivity contribution in [1.82, 2.24) is 0 Å². The summed E-state index contributed by atoms with van der Waals surface area (Å²) in [5.41, 5.74) is 7.63. The van der Waals surface area contributed by atoms with Crippen LogP contribution in [0.2, 0.25) is 0 Å². The van der Waals surface area contributed by atoms with Gasteiger partial charge in [0.15, 0.2) is 0 Å². The highest BCUT2D eigenvalue weighted by atomic mass is 16.3. The Morgan fingerprint density at radius 3 is 2.40 bits per heavy atom. The Morgan fingerprint density at radius 2 is 1.93 bits per heavy atom. The van der Waals surface area contributed by atoms with Crippen LogP contribution in [0.4, 0.5) is 0 Å². The molecule has 3 nitrogen and oxygen atoms in total. The van der Waals surface area contributed by atoms with Crippen molar-refractivity contribution in [2.75, 3.05) is 0 Å². The van der Waals surface area contributed by atoms with Crippen LogP contribution in [-0.4, -0.2) is 11.0 Å². The number of aromatic hydroxyl groups is 1. The summed E-state index contributed by atoms with van der Waals surface area (Å²) < 4.78 is 0. The van der Waals surface area contributed by atoms with Crippen molar-refractivity contribution in [1.29, 1.82) is 0 Å². The van der Waals surface area contributed by atoms with E-state index in [0.29, 0.717) is 5.75 Å². The third-order valence-electron chi connectivity index (χ3n) is 2.14. The molecule has 0 saturated carbocycles. The average Bonchev–Trinajstić information content (AvgIpc) is 2.13. The zero-order chi connectivity index (χ0) is 11.4. The second-order valence-electron chi connectivity index (χ2n) is 3.58. The summed E-state index contributed by atoms with van der Waals surface area (Å²) in [5, 5.41) is 9.55. The molecular weight excluding hydrogens is 190 g/mol. The highest BCUT2D eigenvalue weighted by molar-refractivity contribution is 5.76. The molecule has 0 aliphatic rings. The maximum Gasteiger partial charge on any atom is 0.221 e. The molecule has 15 heavy (non-hydrogen) atoms. The topological polar surface area (TPSA) is 63.3 Å². The number of rotatable bonds is 3. The Hall–Kier alpha value is -1.77. The van der Waals surface area contributed by atoms with Crippen molar-refractivity contribution in [2.45, 2.75) is 20.3 Å². The molecule has 0 saturated heterocycles. The molecule has 0 heterocycles. The van der Waals surface area contributed by atoms with E-state index in [0.717, 1.165) is 16.7 Å². The van der Waals surface area contributed by atoms with Gasteiger partial charge in [-0.2, -0.15) is 0 Å². The minimum Gasteiger partial charge on any atom is -0.507 e. The summed E-state index contributed by atoms with van der Waals surface area (Å²) in [6.07, 6.45) is 3.77. The van der Waals surface area contributed by atoms with Gasteiger partial charge < -0.3 is 10.8 Å². The molecule has 3 heteroatoms. The molecule has 0 radical (unpaired) electrons. The Morgan fingerprint density at radius 1 is 1.40 bits per heavy atom. The number of phenolic OH excluding ortho intramolecular Hbond substituents is 1. The molecule has 1 rings (SSSR count). The fourth-order valence-corrected chi connectivity index (χ4v) is 1.40. The van der Waals surface area contributed by atoms with Crippen LogP contribution in [0.3, 0.4) is 0 Å². The first-order valence-electron chi connectivity index (χ1n) is 4.75. The standard InChI is InChI=1S/C12H15NO2/c1-8-6-10(4-3-5-11(13)14)7-9(2)12(8)15/h3-4,6-7,15H,5H2,1-2H3,(H2,13,14). The summed E-state index contributed by atoms with van der Waals surface area (Å²) in [7, 11) is 0. The fourth-order valence-electron chi connectivity index (χ4n) is 1.40. The lowest BCUT2D eigenvalue weighted by Crippen LogP contribution is -2.07. The lowest BCUT2D eigenvalue weighted by Gasteiger charge is -2.04. The lowest BCUT2D eigenvalue weighted by molar-refractivity contribution is -0.117. The molecule has 1 aromatic rings. The molecule has 3 N–H and O–H groups in total. The summed E-state index contributed by atoms with van der Waals surface area (Å²) in [5.74, 6) is -0.0273. The van der Waals surface area contributed by atoms with Gasteiger partial charge in [-0.3, -0.25) is 4.79 Å². The Bertz CT molecular complexity index is 385. The number of hydrogen-bond acceptors (Lipinski definition) is 2. The Kier molecular flexibility index (Phi) is 3.50. The minimum absolute atomic E-state index is 0.235. The molecule has 1 aromatic carbocycles. The average molecular weight is 205 g/mol. The maximum absolute atomic E-state index is 10.5. The number of aryl methyl sites for hydroxylation is 2. The summed E-state index contributed by atoms with van der Waals surface area (Å²) in [6.45, 7) is 3.68. The van der Waals surface area contributed by atoms with Crippen molar-refractivity contribution in [3.8, 4) is 5.75 Å². The predicted octanol–water partition coefficient (Wildman–Crippen LogP) is 1.90. The van der Waals surface area contributed by atoms with E-state index in [1.165, 1.54) is 0 Å². The molecule has 0 aromatic heterocycles. The summed E-state index contributed by atoms with van der Waals surface area (Å²) in [6, 6.07) is 3.72. The number of phenols is 1. The number of hydrogen-bond donors (Lipinski definition) is 2. The van der Waals surface area contributed by atoms with Crippen LogP contribution in [0, 0.1) is 13.8 Å². The molecular formula is C12H15NO2. The number of amides is 1. The molecule has 1 amide bonds.